The van der Waals surface area contributed by atoms with E-state index in [1.165, 1.54) is 44.2 Å². The number of benzene rings is 1. The maximum atomic E-state index is 13.3. The number of phenolic OH excluding ortho intramolecular Hbond substituents is 1. The molecule has 0 unspecified atom stereocenters. The van der Waals surface area contributed by atoms with Gasteiger partial charge >= 0.3 is 0 Å². The van der Waals surface area contributed by atoms with Crippen molar-refractivity contribution in [2.45, 2.75) is 71.1 Å². The maximum Gasteiger partial charge on any atom is 0.271 e. The van der Waals surface area contributed by atoms with Gasteiger partial charge in [0.25, 0.3) is 6.43 Å². The highest BCUT2D eigenvalue weighted by molar-refractivity contribution is 5.99. The van der Waals surface area contributed by atoms with Crippen molar-refractivity contribution in [2.75, 3.05) is 6.61 Å². The molecular weight excluding hydrogens is 362 g/mol. The number of ether oxygens (including phenoxy) is 1. The van der Waals surface area contributed by atoms with Crippen molar-refractivity contribution in [3.63, 3.8) is 0 Å². The normalized spacial score (nSPS) is 19.6. The second-order valence-corrected chi connectivity index (χ2v) is 7.68. The molecular formula is C23H32F2O3. The summed E-state index contributed by atoms with van der Waals surface area (Å²) in [7, 11) is 0. The Morgan fingerprint density at radius 1 is 1.25 bits per heavy atom. The zero-order valence-electron chi connectivity index (χ0n) is 16.8. The molecule has 1 saturated carbocycles. The van der Waals surface area contributed by atoms with Gasteiger partial charge in [0.2, 0.25) is 0 Å². The van der Waals surface area contributed by atoms with E-state index in [-0.39, 0.29) is 30.1 Å². The predicted molar refractivity (Wildman–Crippen MR) is 107 cm³/mol. The van der Waals surface area contributed by atoms with Gasteiger partial charge in [0, 0.05) is 6.42 Å². The van der Waals surface area contributed by atoms with Gasteiger partial charge in [0.15, 0.2) is 5.78 Å². The van der Waals surface area contributed by atoms with Gasteiger partial charge in [-0.2, -0.15) is 0 Å². The van der Waals surface area contributed by atoms with E-state index in [2.05, 4.69) is 6.58 Å². The molecule has 0 aliphatic heterocycles. The average molecular weight is 395 g/mol. The molecule has 1 aliphatic carbocycles. The molecule has 2 rings (SSSR count). The number of allylic oxidation sites excluding steroid dienone is 1. The van der Waals surface area contributed by atoms with Crippen molar-refractivity contribution in [1.82, 2.24) is 0 Å². The third-order valence-corrected chi connectivity index (χ3v) is 5.76. The molecule has 0 heterocycles. The minimum Gasteiger partial charge on any atom is -0.507 e. The fraction of sp³-hybridized carbons (Fsp3) is 0.609. The molecule has 28 heavy (non-hydrogen) atoms. The summed E-state index contributed by atoms with van der Waals surface area (Å²) >= 11 is 0. The van der Waals surface area contributed by atoms with E-state index < -0.39 is 17.7 Å². The zero-order valence-corrected chi connectivity index (χ0v) is 16.8. The second-order valence-electron chi connectivity index (χ2n) is 7.68. The van der Waals surface area contributed by atoms with Crippen LogP contribution < -0.4 is 4.74 Å². The van der Waals surface area contributed by atoms with Crippen LogP contribution in [0, 0.1) is 11.8 Å². The molecule has 1 aromatic rings. The van der Waals surface area contributed by atoms with Gasteiger partial charge < -0.3 is 9.84 Å². The highest BCUT2D eigenvalue weighted by Gasteiger charge is 2.25. The first-order chi connectivity index (χ1) is 13.5. The number of Topliss-reactive ketones (excluding diaryl/α,β-unsaturated/α-hetero) is 1. The van der Waals surface area contributed by atoms with E-state index >= 15 is 0 Å². The van der Waals surface area contributed by atoms with Gasteiger partial charge in [-0.05, 0) is 50.2 Å². The van der Waals surface area contributed by atoms with Crippen LogP contribution >= 0.6 is 0 Å². The average Bonchev–Trinajstić information content (AvgIpc) is 2.67. The standard InChI is InChI=1S/C23H32F2O3/c1-3-5-7-16-10-12-17(13-11-16)8-6-9-19(26)18-14-15-20(28-4-2)21(22(18)27)23(24)25/h3,14-17,23,27H,1,4-13H2,2H3. The molecule has 0 saturated heterocycles. The number of halogens is 2. The Kier molecular flexibility index (Phi) is 8.94. The van der Waals surface area contributed by atoms with Crippen molar-refractivity contribution in [1.29, 1.82) is 0 Å². The molecule has 0 radical (unpaired) electrons. The van der Waals surface area contributed by atoms with Gasteiger partial charge in [0.1, 0.15) is 17.1 Å². The molecule has 1 aliphatic rings. The van der Waals surface area contributed by atoms with Gasteiger partial charge in [-0.3, -0.25) is 4.79 Å². The van der Waals surface area contributed by atoms with Crippen LogP contribution in [0.4, 0.5) is 8.78 Å². The molecule has 0 amide bonds. The van der Waals surface area contributed by atoms with Crippen molar-refractivity contribution in [2.24, 2.45) is 11.8 Å². The van der Waals surface area contributed by atoms with Gasteiger partial charge in [-0.1, -0.05) is 38.2 Å². The SMILES string of the molecule is C=CCCC1CCC(CCCC(=O)c2ccc(OCC)c(C(F)F)c2O)CC1. The Labute approximate surface area is 166 Å². The lowest BCUT2D eigenvalue weighted by Gasteiger charge is -2.28. The Morgan fingerprint density at radius 2 is 1.89 bits per heavy atom. The highest BCUT2D eigenvalue weighted by atomic mass is 19.3. The molecule has 156 valence electrons. The van der Waals surface area contributed by atoms with Crippen LogP contribution in [0.25, 0.3) is 0 Å². The number of hydrogen-bond donors (Lipinski definition) is 1. The topological polar surface area (TPSA) is 46.5 Å². The fourth-order valence-corrected chi connectivity index (χ4v) is 4.16. The van der Waals surface area contributed by atoms with Crippen molar-refractivity contribution < 1.29 is 23.4 Å². The largest absolute Gasteiger partial charge is 0.507 e. The number of ketones is 1. The van der Waals surface area contributed by atoms with Crippen molar-refractivity contribution in [3.8, 4) is 11.5 Å². The van der Waals surface area contributed by atoms with E-state index in [1.54, 1.807) is 6.92 Å². The molecule has 1 aromatic carbocycles. The van der Waals surface area contributed by atoms with E-state index in [1.807, 2.05) is 6.08 Å². The number of alkyl halides is 2. The molecule has 3 nitrogen and oxygen atoms in total. The molecule has 1 fully saturated rings. The quantitative estimate of drug-likeness (QED) is 0.330. The Balaban J connectivity index is 1.87. The molecule has 0 spiro atoms. The summed E-state index contributed by atoms with van der Waals surface area (Å²) in [6.45, 7) is 5.67. The first kappa shape index (κ1) is 22.4. The van der Waals surface area contributed by atoms with E-state index in [0.717, 1.165) is 25.2 Å². The van der Waals surface area contributed by atoms with Gasteiger partial charge in [-0.15, -0.1) is 6.58 Å². The van der Waals surface area contributed by atoms with Crippen LogP contribution in [0.2, 0.25) is 0 Å². The Morgan fingerprint density at radius 3 is 2.46 bits per heavy atom. The summed E-state index contributed by atoms with van der Waals surface area (Å²) in [5.74, 6) is 0.429. The smallest absolute Gasteiger partial charge is 0.271 e. The maximum absolute atomic E-state index is 13.3. The lowest BCUT2D eigenvalue weighted by Crippen LogP contribution is -2.15. The van der Waals surface area contributed by atoms with E-state index in [9.17, 15) is 18.7 Å². The first-order valence-electron chi connectivity index (χ1n) is 10.4. The van der Waals surface area contributed by atoms with E-state index in [4.69, 9.17) is 4.74 Å². The van der Waals surface area contributed by atoms with Crippen LogP contribution in [0.3, 0.4) is 0 Å². The number of carbonyl (C=O) groups excluding carboxylic acids is 1. The predicted octanol–water partition coefficient (Wildman–Crippen LogP) is 6.85. The highest BCUT2D eigenvalue weighted by Crippen LogP contribution is 2.40. The molecule has 5 heteroatoms. The van der Waals surface area contributed by atoms with Crippen LogP contribution in [-0.2, 0) is 0 Å². The monoisotopic (exact) mass is 394 g/mol. The zero-order chi connectivity index (χ0) is 20.5. The van der Waals surface area contributed by atoms with Gasteiger partial charge in [0.05, 0.1) is 12.2 Å². The lowest BCUT2D eigenvalue weighted by molar-refractivity contribution is 0.0971. The minimum absolute atomic E-state index is 0.0353. The Bertz CT molecular complexity index is 649. The fourth-order valence-electron chi connectivity index (χ4n) is 4.16. The van der Waals surface area contributed by atoms with Crippen LogP contribution in [0.5, 0.6) is 11.5 Å². The van der Waals surface area contributed by atoms with Crippen molar-refractivity contribution >= 4 is 5.78 Å². The number of hydrogen-bond acceptors (Lipinski definition) is 3. The Hall–Kier alpha value is -1.91. The second kappa shape index (κ2) is 11.2. The number of phenols is 1. The van der Waals surface area contributed by atoms with Crippen LogP contribution in [-0.4, -0.2) is 17.5 Å². The summed E-state index contributed by atoms with van der Waals surface area (Å²) < 4.78 is 31.8. The molecule has 0 aromatic heterocycles. The third kappa shape index (κ3) is 6.05. The molecule has 0 atom stereocenters. The summed E-state index contributed by atoms with van der Waals surface area (Å²) in [5, 5.41) is 10.2. The van der Waals surface area contributed by atoms with E-state index in [0.29, 0.717) is 5.92 Å². The van der Waals surface area contributed by atoms with Gasteiger partial charge in [-0.25, -0.2) is 8.78 Å². The summed E-state index contributed by atoms with van der Waals surface area (Å²) in [6, 6.07) is 2.74. The minimum atomic E-state index is -2.90. The molecule has 0 bridgehead atoms. The summed E-state index contributed by atoms with van der Waals surface area (Å²) in [4.78, 5) is 12.5. The van der Waals surface area contributed by atoms with Crippen LogP contribution in [0.15, 0.2) is 24.8 Å². The first-order valence-corrected chi connectivity index (χ1v) is 10.4. The van der Waals surface area contributed by atoms with Crippen molar-refractivity contribution in [3.05, 3.63) is 35.9 Å². The van der Waals surface area contributed by atoms with Crippen LogP contribution in [0.1, 0.15) is 87.1 Å². The number of carbonyl (C=O) groups is 1. The molecule has 1 N–H and O–H groups in total. The summed E-state index contributed by atoms with van der Waals surface area (Å²) in [6.07, 6.45) is 8.21. The third-order valence-electron chi connectivity index (χ3n) is 5.76. The number of rotatable bonds is 11. The summed E-state index contributed by atoms with van der Waals surface area (Å²) in [5.41, 5.74) is -0.627. The number of aromatic hydroxyl groups is 1. The lowest BCUT2D eigenvalue weighted by atomic mass is 9.78.